The zero-order valence-corrected chi connectivity index (χ0v) is 11.8. The van der Waals surface area contributed by atoms with Crippen molar-refractivity contribution in [1.29, 1.82) is 0 Å². The van der Waals surface area contributed by atoms with Gasteiger partial charge in [-0.2, -0.15) is 0 Å². The molecule has 2 aliphatic rings. The number of benzene rings is 2. The summed E-state index contributed by atoms with van der Waals surface area (Å²) < 4.78 is 0. The summed E-state index contributed by atoms with van der Waals surface area (Å²) in [5.41, 5.74) is 10.4. The highest BCUT2D eigenvalue weighted by Gasteiger charge is 2.20. The molecule has 20 heavy (non-hydrogen) atoms. The summed E-state index contributed by atoms with van der Waals surface area (Å²) in [6.07, 6.45) is 8.00. The van der Waals surface area contributed by atoms with Gasteiger partial charge in [-0.25, -0.2) is 0 Å². The van der Waals surface area contributed by atoms with E-state index < -0.39 is 0 Å². The van der Waals surface area contributed by atoms with Crippen LogP contribution < -0.4 is 0 Å². The Bertz CT molecular complexity index is 744. The van der Waals surface area contributed by atoms with Crippen molar-refractivity contribution < 1.29 is 0 Å². The van der Waals surface area contributed by atoms with Crippen molar-refractivity contribution in [2.24, 2.45) is 0 Å². The third-order valence-electron chi connectivity index (χ3n) is 4.48. The van der Waals surface area contributed by atoms with Gasteiger partial charge in [0, 0.05) is 0 Å². The summed E-state index contributed by atoms with van der Waals surface area (Å²) in [6.45, 7) is 2.19. The SMILES string of the molecule is CC1=CCC(Cc2cccc3c2Cc2ccccc2-3)=C1. The van der Waals surface area contributed by atoms with Crippen LogP contribution >= 0.6 is 0 Å². The minimum Gasteiger partial charge on any atom is -0.0775 e. The van der Waals surface area contributed by atoms with E-state index in [1.807, 2.05) is 0 Å². The van der Waals surface area contributed by atoms with Crippen LogP contribution in [0.5, 0.6) is 0 Å². The van der Waals surface area contributed by atoms with Gasteiger partial charge in [0.1, 0.15) is 0 Å². The minimum absolute atomic E-state index is 1.10. The Morgan fingerprint density at radius 2 is 1.80 bits per heavy atom. The zero-order chi connectivity index (χ0) is 13.5. The first-order valence-corrected chi connectivity index (χ1v) is 7.36. The van der Waals surface area contributed by atoms with Gasteiger partial charge in [-0.3, -0.25) is 0 Å². The lowest BCUT2D eigenvalue weighted by Gasteiger charge is -2.09. The summed E-state index contributed by atoms with van der Waals surface area (Å²) in [7, 11) is 0. The van der Waals surface area contributed by atoms with Gasteiger partial charge in [-0.1, -0.05) is 65.8 Å². The van der Waals surface area contributed by atoms with Gasteiger partial charge in [0.05, 0.1) is 0 Å². The molecule has 0 atom stereocenters. The Hall–Kier alpha value is -2.08. The van der Waals surface area contributed by atoms with E-state index in [1.165, 1.54) is 27.8 Å². The fraction of sp³-hybridized carbons (Fsp3) is 0.200. The van der Waals surface area contributed by atoms with Crippen molar-refractivity contribution in [3.05, 3.63) is 82.5 Å². The van der Waals surface area contributed by atoms with Gasteiger partial charge in [0.15, 0.2) is 0 Å². The molecule has 0 heterocycles. The molecule has 0 unspecified atom stereocenters. The summed E-state index contributed by atoms with van der Waals surface area (Å²) in [4.78, 5) is 0. The third-order valence-corrected chi connectivity index (χ3v) is 4.48. The number of fused-ring (bicyclic) bond motifs is 3. The van der Waals surface area contributed by atoms with Gasteiger partial charge < -0.3 is 0 Å². The van der Waals surface area contributed by atoms with E-state index in [9.17, 15) is 0 Å². The molecule has 0 nitrogen and oxygen atoms in total. The minimum atomic E-state index is 1.10. The number of rotatable bonds is 2. The fourth-order valence-corrected chi connectivity index (χ4v) is 3.49. The molecule has 0 fully saturated rings. The molecular weight excluding hydrogens is 240 g/mol. The Morgan fingerprint density at radius 1 is 0.950 bits per heavy atom. The van der Waals surface area contributed by atoms with E-state index in [0.29, 0.717) is 0 Å². The molecule has 0 saturated carbocycles. The topological polar surface area (TPSA) is 0 Å². The average Bonchev–Trinajstić information content (AvgIpc) is 3.03. The molecule has 98 valence electrons. The van der Waals surface area contributed by atoms with Crippen molar-refractivity contribution in [2.45, 2.75) is 26.2 Å². The van der Waals surface area contributed by atoms with Gasteiger partial charge in [0.2, 0.25) is 0 Å². The fourth-order valence-electron chi connectivity index (χ4n) is 3.49. The molecule has 2 aliphatic carbocycles. The molecule has 0 saturated heterocycles. The second-order valence-corrected chi connectivity index (χ2v) is 5.91. The maximum absolute atomic E-state index is 2.35. The van der Waals surface area contributed by atoms with Gasteiger partial charge >= 0.3 is 0 Å². The quantitative estimate of drug-likeness (QED) is 0.601. The van der Waals surface area contributed by atoms with E-state index in [-0.39, 0.29) is 0 Å². The van der Waals surface area contributed by atoms with Crippen LogP contribution in [0.3, 0.4) is 0 Å². The van der Waals surface area contributed by atoms with Crippen LogP contribution in [0.1, 0.15) is 30.0 Å². The van der Waals surface area contributed by atoms with Crippen LogP contribution in [0.4, 0.5) is 0 Å². The average molecular weight is 258 g/mol. The van der Waals surface area contributed by atoms with Crippen LogP contribution in [0.2, 0.25) is 0 Å². The molecule has 0 N–H and O–H groups in total. The molecule has 2 aromatic carbocycles. The first kappa shape index (κ1) is 11.7. The Balaban J connectivity index is 1.73. The lowest BCUT2D eigenvalue weighted by Crippen LogP contribution is -1.94. The highest BCUT2D eigenvalue weighted by Crippen LogP contribution is 2.39. The van der Waals surface area contributed by atoms with Crippen molar-refractivity contribution in [3.8, 4) is 11.1 Å². The van der Waals surface area contributed by atoms with Crippen molar-refractivity contribution in [1.82, 2.24) is 0 Å². The first-order valence-electron chi connectivity index (χ1n) is 7.36. The lowest BCUT2D eigenvalue weighted by atomic mass is 9.95. The molecule has 0 aliphatic heterocycles. The third kappa shape index (κ3) is 1.84. The van der Waals surface area contributed by atoms with Gasteiger partial charge in [0.25, 0.3) is 0 Å². The number of hydrogen-bond acceptors (Lipinski definition) is 0. The van der Waals surface area contributed by atoms with Crippen molar-refractivity contribution in [3.63, 3.8) is 0 Å². The molecule has 0 spiro atoms. The van der Waals surface area contributed by atoms with Crippen LogP contribution in [0, 0.1) is 0 Å². The standard InChI is InChI=1S/C20H18/c1-14-9-10-15(11-14)12-16-6-4-8-19-18-7-3-2-5-17(18)13-20(16)19/h2-9,11H,10,12-13H2,1H3. The number of allylic oxidation sites excluding steroid dienone is 4. The van der Waals surface area contributed by atoms with E-state index in [1.54, 1.807) is 11.1 Å². The molecule has 0 amide bonds. The normalized spacial score (nSPS) is 15.7. The van der Waals surface area contributed by atoms with E-state index >= 15 is 0 Å². The highest BCUT2D eigenvalue weighted by molar-refractivity contribution is 5.78. The Kier molecular flexibility index (Phi) is 2.63. The predicted molar refractivity (Wildman–Crippen MR) is 84.8 cm³/mol. The Morgan fingerprint density at radius 3 is 2.65 bits per heavy atom. The summed E-state index contributed by atoms with van der Waals surface area (Å²) >= 11 is 0. The smallest absolute Gasteiger partial charge is 0.00106 e. The van der Waals surface area contributed by atoms with Crippen LogP contribution in [-0.4, -0.2) is 0 Å². The Labute approximate surface area is 120 Å². The van der Waals surface area contributed by atoms with Gasteiger partial charge in [-0.05, 0) is 54.0 Å². The summed E-state index contributed by atoms with van der Waals surface area (Å²) in [6, 6.07) is 15.6. The second kappa shape index (κ2) is 4.49. The van der Waals surface area contributed by atoms with Crippen molar-refractivity contribution >= 4 is 0 Å². The number of hydrogen-bond donors (Lipinski definition) is 0. The van der Waals surface area contributed by atoms with Gasteiger partial charge in [-0.15, -0.1) is 0 Å². The largest absolute Gasteiger partial charge is 0.0775 e. The van der Waals surface area contributed by atoms with Crippen LogP contribution in [-0.2, 0) is 12.8 Å². The highest BCUT2D eigenvalue weighted by atomic mass is 14.2. The van der Waals surface area contributed by atoms with Crippen LogP contribution in [0.15, 0.2) is 65.8 Å². The molecule has 0 radical (unpaired) electrons. The zero-order valence-electron chi connectivity index (χ0n) is 11.8. The van der Waals surface area contributed by atoms with E-state index in [0.717, 1.165) is 19.3 Å². The maximum Gasteiger partial charge on any atom is -0.00106 e. The first-order chi connectivity index (χ1) is 9.81. The molecule has 0 aromatic heterocycles. The van der Waals surface area contributed by atoms with Crippen molar-refractivity contribution in [2.75, 3.05) is 0 Å². The second-order valence-electron chi connectivity index (χ2n) is 5.91. The summed E-state index contributed by atoms with van der Waals surface area (Å²) in [5, 5.41) is 0. The van der Waals surface area contributed by atoms with E-state index in [4.69, 9.17) is 0 Å². The predicted octanol–water partition coefficient (Wildman–Crippen LogP) is 5.08. The summed E-state index contributed by atoms with van der Waals surface area (Å²) in [5.74, 6) is 0. The maximum atomic E-state index is 2.35. The molecule has 4 rings (SSSR count). The molecule has 0 bridgehead atoms. The molecule has 0 heteroatoms. The van der Waals surface area contributed by atoms with E-state index in [2.05, 4.69) is 61.5 Å². The lowest BCUT2D eigenvalue weighted by molar-refractivity contribution is 1.06. The van der Waals surface area contributed by atoms with Crippen LogP contribution in [0.25, 0.3) is 11.1 Å². The molecule has 2 aromatic rings. The monoisotopic (exact) mass is 258 g/mol. The molecular formula is C20H18.